The average molecular weight is 351 g/mol. The van der Waals surface area contributed by atoms with Crippen LogP contribution in [0.4, 0.5) is 17.1 Å². The summed E-state index contributed by atoms with van der Waals surface area (Å²) in [6.45, 7) is 8.46. The Hall–Kier alpha value is -2.49. The van der Waals surface area contributed by atoms with Gasteiger partial charge in [-0.1, -0.05) is 25.1 Å². The Balaban J connectivity index is 1.56. The minimum atomic E-state index is -0.309. The topological polar surface area (TPSA) is 44.4 Å². The van der Waals surface area contributed by atoms with Crippen molar-refractivity contribution in [2.24, 2.45) is 5.92 Å². The van der Waals surface area contributed by atoms with E-state index in [-0.39, 0.29) is 11.9 Å². The lowest BCUT2D eigenvalue weighted by molar-refractivity contribution is -0.116. The van der Waals surface area contributed by atoms with Gasteiger partial charge in [0.15, 0.2) is 0 Å². The minimum Gasteiger partial charge on any atom is -0.374 e. The van der Waals surface area contributed by atoms with E-state index in [0.29, 0.717) is 0 Å². The van der Waals surface area contributed by atoms with Gasteiger partial charge in [0.25, 0.3) is 0 Å². The van der Waals surface area contributed by atoms with E-state index in [4.69, 9.17) is 0 Å². The van der Waals surface area contributed by atoms with Crippen molar-refractivity contribution < 1.29 is 4.79 Å². The van der Waals surface area contributed by atoms with Crippen molar-refractivity contribution >= 4 is 23.0 Å². The summed E-state index contributed by atoms with van der Waals surface area (Å²) in [4.78, 5) is 14.9. The molecule has 0 aromatic heterocycles. The van der Waals surface area contributed by atoms with E-state index < -0.39 is 0 Å². The molecule has 0 saturated carbocycles. The SMILES string of the molecule is Cc1ccccc1NC(=O)C(C)Nc1ccc(N2CCC(C)CC2)cc1. The fourth-order valence-corrected chi connectivity index (χ4v) is 3.30. The van der Waals surface area contributed by atoms with Crippen LogP contribution in [-0.2, 0) is 4.79 Å². The van der Waals surface area contributed by atoms with Gasteiger partial charge >= 0.3 is 0 Å². The predicted molar refractivity (Wildman–Crippen MR) is 110 cm³/mol. The van der Waals surface area contributed by atoms with Crippen LogP contribution < -0.4 is 15.5 Å². The number of benzene rings is 2. The first-order valence-corrected chi connectivity index (χ1v) is 9.51. The van der Waals surface area contributed by atoms with Crippen LogP contribution in [0.25, 0.3) is 0 Å². The Morgan fingerprint density at radius 3 is 2.38 bits per heavy atom. The molecule has 4 heteroatoms. The van der Waals surface area contributed by atoms with E-state index in [1.165, 1.54) is 18.5 Å². The second-order valence-electron chi connectivity index (χ2n) is 7.39. The van der Waals surface area contributed by atoms with E-state index >= 15 is 0 Å². The van der Waals surface area contributed by atoms with Gasteiger partial charge in [0.05, 0.1) is 0 Å². The Bertz CT molecular complexity index is 733. The van der Waals surface area contributed by atoms with Gasteiger partial charge in [-0.25, -0.2) is 0 Å². The second kappa shape index (κ2) is 8.26. The maximum Gasteiger partial charge on any atom is 0.246 e. The number of hydrogen-bond donors (Lipinski definition) is 2. The zero-order chi connectivity index (χ0) is 18.5. The summed E-state index contributed by atoms with van der Waals surface area (Å²) in [7, 11) is 0. The number of anilines is 3. The first kappa shape index (κ1) is 18.3. The molecular formula is C22H29N3O. The number of carbonyl (C=O) groups excluding carboxylic acids is 1. The maximum atomic E-state index is 12.4. The highest BCUT2D eigenvalue weighted by atomic mass is 16.2. The zero-order valence-electron chi connectivity index (χ0n) is 16.0. The highest BCUT2D eigenvalue weighted by Crippen LogP contribution is 2.24. The van der Waals surface area contributed by atoms with Gasteiger partial charge in [-0.05, 0) is 68.5 Å². The van der Waals surface area contributed by atoms with Crippen LogP contribution in [-0.4, -0.2) is 25.0 Å². The first-order valence-electron chi connectivity index (χ1n) is 9.51. The van der Waals surface area contributed by atoms with Gasteiger partial charge in [-0.2, -0.15) is 0 Å². The lowest BCUT2D eigenvalue weighted by Gasteiger charge is -2.32. The van der Waals surface area contributed by atoms with Crippen LogP contribution in [0, 0.1) is 12.8 Å². The van der Waals surface area contributed by atoms with E-state index in [1.54, 1.807) is 0 Å². The van der Waals surface area contributed by atoms with Gasteiger partial charge in [0, 0.05) is 30.2 Å². The molecule has 0 aliphatic carbocycles. The number of aryl methyl sites for hydroxylation is 1. The van der Waals surface area contributed by atoms with Gasteiger partial charge < -0.3 is 15.5 Å². The zero-order valence-corrected chi connectivity index (χ0v) is 16.0. The summed E-state index contributed by atoms with van der Waals surface area (Å²) in [5.74, 6) is 0.799. The molecule has 1 aliphatic rings. The van der Waals surface area contributed by atoms with Crippen LogP contribution in [0.5, 0.6) is 0 Å². The van der Waals surface area contributed by atoms with Crippen LogP contribution in [0.15, 0.2) is 48.5 Å². The predicted octanol–water partition coefficient (Wildman–Crippen LogP) is 4.67. The summed E-state index contributed by atoms with van der Waals surface area (Å²) in [5.41, 5.74) is 4.15. The number of para-hydroxylation sites is 1. The number of piperidine rings is 1. The van der Waals surface area contributed by atoms with Crippen molar-refractivity contribution in [3.63, 3.8) is 0 Å². The second-order valence-corrected chi connectivity index (χ2v) is 7.39. The smallest absolute Gasteiger partial charge is 0.246 e. The lowest BCUT2D eigenvalue weighted by Crippen LogP contribution is -2.33. The van der Waals surface area contributed by atoms with Crippen LogP contribution in [0.3, 0.4) is 0 Å². The van der Waals surface area contributed by atoms with Crippen LogP contribution >= 0.6 is 0 Å². The standard InChI is InChI=1S/C22H29N3O/c1-16-12-14-25(15-13-16)20-10-8-19(9-11-20)23-18(3)22(26)24-21-7-5-4-6-17(21)2/h4-11,16,18,23H,12-15H2,1-3H3,(H,24,26). The molecule has 2 N–H and O–H groups in total. The number of rotatable bonds is 5. The third-order valence-electron chi connectivity index (χ3n) is 5.20. The number of nitrogens with zero attached hydrogens (tertiary/aromatic N) is 1. The quantitative estimate of drug-likeness (QED) is 0.823. The molecule has 1 amide bonds. The van der Waals surface area contributed by atoms with E-state index in [0.717, 1.165) is 35.9 Å². The van der Waals surface area contributed by atoms with E-state index in [9.17, 15) is 4.79 Å². The average Bonchev–Trinajstić information content (AvgIpc) is 2.65. The third-order valence-corrected chi connectivity index (χ3v) is 5.20. The largest absolute Gasteiger partial charge is 0.374 e. The molecule has 0 spiro atoms. The molecule has 26 heavy (non-hydrogen) atoms. The van der Waals surface area contributed by atoms with Crippen molar-refractivity contribution in [2.45, 2.75) is 39.7 Å². The molecule has 1 fully saturated rings. The van der Waals surface area contributed by atoms with E-state index in [2.05, 4.69) is 46.7 Å². The number of nitrogens with one attached hydrogen (secondary N) is 2. The molecule has 1 atom stereocenters. The molecule has 2 aromatic carbocycles. The van der Waals surface area contributed by atoms with Crippen molar-refractivity contribution in [1.29, 1.82) is 0 Å². The fourth-order valence-electron chi connectivity index (χ4n) is 3.30. The monoisotopic (exact) mass is 351 g/mol. The van der Waals surface area contributed by atoms with Crippen molar-refractivity contribution in [1.82, 2.24) is 0 Å². The van der Waals surface area contributed by atoms with Gasteiger partial charge in [0.1, 0.15) is 6.04 Å². The third kappa shape index (κ3) is 4.57. The van der Waals surface area contributed by atoms with Gasteiger partial charge in [-0.3, -0.25) is 4.79 Å². The van der Waals surface area contributed by atoms with Crippen molar-refractivity contribution in [3.05, 3.63) is 54.1 Å². The number of hydrogen-bond acceptors (Lipinski definition) is 3. The van der Waals surface area contributed by atoms with E-state index in [1.807, 2.05) is 38.1 Å². The van der Waals surface area contributed by atoms with Crippen LogP contribution in [0.1, 0.15) is 32.3 Å². The summed E-state index contributed by atoms with van der Waals surface area (Å²) < 4.78 is 0. The van der Waals surface area contributed by atoms with Gasteiger partial charge in [0.2, 0.25) is 5.91 Å². The van der Waals surface area contributed by atoms with Crippen LogP contribution in [0.2, 0.25) is 0 Å². The summed E-state index contributed by atoms with van der Waals surface area (Å²) in [6, 6.07) is 15.9. The molecule has 1 aliphatic heterocycles. The van der Waals surface area contributed by atoms with Crippen molar-refractivity contribution in [3.8, 4) is 0 Å². The molecule has 1 unspecified atom stereocenters. The molecule has 0 radical (unpaired) electrons. The molecule has 1 heterocycles. The highest BCUT2D eigenvalue weighted by molar-refractivity contribution is 5.96. The molecule has 1 saturated heterocycles. The Morgan fingerprint density at radius 2 is 1.73 bits per heavy atom. The lowest BCUT2D eigenvalue weighted by atomic mass is 9.99. The molecular weight excluding hydrogens is 322 g/mol. The van der Waals surface area contributed by atoms with Crippen molar-refractivity contribution in [2.75, 3.05) is 28.6 Å². The molecule has 138 valence electrons. The summed E-state index contributed by atoms with van der Waals surface area (Å²) in [5, 5.41) is 6.28. The maximum absolute atomic E-state index is 12.4. The Labute approximate surface area is 156 Å². The molecule has 4 nitrogen and oxygen atoms in total. The molecule has 2 aromatic rings. The first-order chi connectivity index (χ1) is 12.5. The fraction of sp³-hybridized carbons (Fsp3) is 0.409. The Kier molecular flexibility index (Phi) is 5.82. The molecule has 0 bridgehead atoms. The summed E-state index contributed by atoms with van der Waals surface area (Å²) in [6.07, 6.45) is 2.52. The molecule has 3 rings (SSSR count). The number of carbonyl (C=O) groups is 1. The highest BCUT2D eigenvalue weighted by Gasteiger charge is 2.17. The Morgan fingerprint density at radius 1 is 1.08 bits per heavy atom. The summed E-state index contributed by atoms with van der Waals surface area (Å²) >= 11 is 0. The van der Waals surface area contributed by atoms with Gasteiger partial charge in [-0.15, -0.1) is 0 Å². The normalized spacial score (nSPS) is 16.2. The minimum absolute atomic E-state index is 0.0339. The number of amides is 1.